The summed E-state index contributed by atoms with van der Waals surface area (Å²) in [5.74, 6) is -3.28. The minimum Gasteiger partial charge on any atom is -0.385 e. The topological polar surface area (TPSA) is 75.6 Å². The number of pyridine rings is 1. The monoisotopic (exact) mass is 462 g/mol. The molecular weight excluding hydrogens is 439 g/mol. The number of hydrogen-bond donors (Lipinski definition) is 2. The summed E-state index contributed by atoms with van der Waals surface area (Å²) in [5, 5.41) is 5.62. The number of aromatic nitrogens is 1. The van der Waals surface area contributed by atoms with Gasteiger partial charge in [-0.05, 0) is 26.7 Å². The lowest BCUT2D eigenvalue weighted by Gasteiger charge is -2.38. The number of carbonyl (C=O) groups excluding carboxylic acids is 1. The Labute approximate surface area is 179 Å². The Balaban J connectivity index is 0.00000141. The predicted octanol–water partition coefficient (Wildman–Crippen LogP) is 3.72. The highest BCUT2D eigenvalue weighted by Crippen LogP contribution is 2.42. The molecule has 2 atom stereocenters. The highest BCUT2D eigenvalue weighted by molar-refractivity contribution is 6.00. The molecule has 2 aliphatic rings. The van der Waals surface area contributed by atoms with Gasteiger partial charge in [0.25, 0.3) is 0 Å². The molecule has 32 heavy (non-hydrogen) atoms. The van der Waals surface area contributed by atoms with E-state index in [-0.39, 0.29) is 40.4 Å². The van der Waals surface area contributed by atoms with Crippen molar-refractivity contribution in [3.63, 3.8) is 0 Å². The average molecular weight is 462 g/mol. The first-order valence-corrected chi connectivity index (χ1v) is 10.0. The molecule has 0 amide bonds. The molecule has 1 aliphatic carbocycles. The van der Waals surface area contributed by atoms with Crippen molar-refractivity contribution in [2.45, 2.75) is 44.8 Å². The van der Waals surface area contributed by atoms with Crippen molar-refractivity contribution >= 4 is 28.2 Å². The minimum absolute atomic E-state index is 0.00797. The number of nitrogens with one attached hydrogen (secondary N) is 2. The van der Waals surface area contributed by atoms with Crippen molar-refractivity contribution in [1.82, 2.24) is 9.88 Å². The van der Waals surface area contributed by atoms with Gasteiger partial charge < -0.3 is 20.1 Å². The average Bonchev–Trinajstić information content (AvgIpc) is 3.60. The van der Waals surface area contributed by atoms with Crippen LogP contribution in [0.2, 0.25) is 0 Å². The zero-order valence-corrected chi connectivity index (χ0v) is 17.6. The summed E-state index contributed by atoms with van der Waals surface area (Å²) in [6.07, 6.45) is 2.51. The maximum absolute atomic E-state index is 15.8. The third-order valence-corrected chi connectivity index (χ3v) is 5.68. The largest absolute Gasteiger partial charge is 0.385 e. The molecule has 1 saturated carbocycles. The fourth-order valence-corrected chi connectivity index (χ4v) is 4.37. The Hall–Kier alpha value is -2.89. The Morgan fingerprint density at radius 3 is 2.25 bits per heavy atom. The van der Waals surface area contributed by atoms with Gasteiger partial charge in [0.2, 0.25) is 5.43 Å². The minimum atomic E-state index is -1.49. The molecular formula is C20H23F5N4O3. The van der Waals surface area contributed by atoms with Crippen LogP contribution in [0, 0.1) is 11.6 Å². The number of anilines is 2. The third kappa shape index (κ3) is 3.98. The van der Waals surface area contributed by atoms with Crippen molar-refractivity contribution in [1.29, 1.82) is 0 Å². The highest BCUT2D eigenvalue weighted by Gasteiger charge is 2.35. The van der Waals surface area contributed by atoms with E-state index in [0.29, 0.717) is 25.9 Å². The number of nitrogens with zero attached hydrogens (tertiary/aromatic N) is 2. The highest BCUT2D eigenvalue weighted by atomic mass is 20.0. The molecule has 12 heteroatoms. The lowest BCUT2D eigenvalue weighted by atomic mass is 10.0. The van der Waals surface area contributed by atoms with Crippen LogP contribution in [0.15, 0.2) is 11.0 Å². The van der Waals surface area contributed by atoms with E-state index in [2.05, 4.69) is 15.6 Å². The van der Waals surface area contributed by atoms with E-state index in [0.717, 1.165) is 6.20 Å². The summed E-state index contributed by atoms with van der Waals surface area (Å²) < 4.78 is 61.4. The van der Waals surface area contributed by atoms with Crippen LogP contribution in [0.25, 0.3) is 10.9 Å². The molecule has 2 heterocycles. The number of rotatable bonds is 4. The number of fused-ring (bicyclic) bond motifs is 1. The smallest absolute Gasteiger partial charge is 0.384 e. The summed E-state index contributed by atoms with van der Waals surface area (Å²) in [7, 11) is 1.41. The Morgan fingerprint density at radius 2 is 1.75 bits per heavy atom. The molecule has 2 fully saturated rings. The first kappa shape index (κ1) is 23.8. The van der Waals surface area contributed by atoms with Gasteiger partial charge in [-0.15, -0.1) is 0 Å². The van der Waals surface area contributed by atoms with Crippen LogP contribution < -0.4 is 21.0 Å². The van der Waals surface area contributed by atoms with Crippen LogP contribution >= 0.6 is 0 Å². The number of piperazine rings is 1. The van der Waals surface area contributed by atoms with Gasteiger partial charge in [-0.3, -0.25) is 4.79 Å². The molecule has 0 radical (unpaired) electrons. The molecule has 1 aromatic heterocycles. The maximum atomic E-state index is 15.8. The van der Waals surface area contributed by atoms with Crippen LogP contribution in [-0.4, -0.2) is 42.8 Å². The standard InChI is InChI=1S/C20H23F3N4O3.F2/c1-9-6-26(7-10(2)25-9)18-14(21)16(24-3)13-17(15(18)22)27(11-4-5-11)8-12(19(13)28)20(29)30-23;1-2/h8-11,24-25H,4-7H2,1-3H3;/t9-,10+;. The molecule has 0 spiro atoms. The van der Waals surface area contributed by atoms with E-state index in [4.69, 9.17) is 9.15 Å². The lowest BCUT2D eigenvalue weighted by Crippen LogP contribution is -2.54. The van der Waals surface area contributed by atoms with E-state index in [9.17, 15) is 14.1 Å². The van der Waals surface area contributed by atoms with Crippen molar-refractivity contribution < 1.29 is 32.2 Å². The molecule has 4 rings (SSSR count). The fourth-order valence-electron chi connectivity index (χ4n) is 4.37. The van der Waals surface area contributed by atoms with Crippen LogP contribution in [0.5, 0.6) is 0 Å². The van der Waals surface area contributed by atoms with Crippen molar-refractivity contribution in [3.05, 3.63) is 33.6 Å². The molecule has 0 unspecified atom stereocenters. The van der Waals surface area contributed by atoms with Gasteiger partial charge >= 0.3 is 5.97 Å². The Bertz CT molecular complexity index is 1080. The van der Waals surface area contributed by atoms with Crippen LogP contribution in [0.3, 0.4) is 0 Å². The van der Waals surface area contributed by atoms with E-state index in [1.807, 2.05) is 13.8 Å². The number of hydrogen-bond acceptors (Lipinski definition) is 6. The van der Waals surface area contributed by atoms with Crippen LogP contribution in [0.1, 0.15) is 43.1 Å². The van der Waals surface area contributed by atoms with Crippen LogP contribution in [0.4, 0.5) is 33.8 Å². The second-order valence-electron chi connectivity index (χ2n) is 8.07. The zero-order chi connectivity index (χ0) is 23.7. The summed E-state index contributed by atoms with van der Waals surface area (Å²) in [6.45, 7) is 4.61. The van der Waals surface area contributed by atoms with Gasteiger partial charge in [0.1, 0.15) is 11.3 Å². The first-order valence-electron chi connectivity index (χ1n) is 10.0. The van der Waals surface area contributed by atoms with Crippen molar-refractivity contribution in [2.75, 3.05) is 30.4 Å². The molecule has 0 bridgehead atoms. The molecule has 7 nitrogen and oxygen atoms in total. The van der Waals surface area contributed by atoms with Gasteiger partial charge in [-0.2, -0.15) is 0 Å². The predicted molar refractivity (Wildman–Crippen MR) is 109 cm³/mol. The Morgan fingerprint density at radius 1 is 1.16 bits per heavy atom. The summed E-state index contributed by atoms with van der Waals surface area (Å²) in [5.41, 5.74) is -2.14. The van der Waals surface area contributed by atoms with E-state index in [1.54, 1.807) is 4.90 Å². The van der Waals surface area contributed by atoms with Gasteiger partial charge in [0.05, 0.1) is 16.6 Å². The zero-order valence-electron chi connectivity index (χ0n) is 17.6. The second-order valence-corrected chi connectivity index (χ2v) is 8.07. The summed E-state index contributed by atoms with van der Waals surface area (Å²) in [6, 6.07) is -0.153. The maximum Gasteiger partial charge on any atom is 0.384 e. The molecule has 1 aliphatic heterocycles. The second kappa shape index (κ2) is 9.31. The van der Waals surface area contributed by atoms with Crippen LogP contribution in [-0.2, 0) is 4.94 Å². The molecule has 1 saturated heterocycles. The van der Waals surface area contributed by atoms with E-state index < -0.39 is 28.6 Å². The van der Waals surface area contributed by atoms with Crippen molar-refractivity contribution in [3.8, 4) is 0 Å². The van der Waals surface area contributed by atoms with Gasteiger partial charge in [-0.25, -0.2) is 18.5 Å². The number of halogens is 5. The van der Waals surface area contributed by atoms with Gasteiger partial charge in [0, 0.05) is 58.1 Å². The number of carbonyl (C=O) groups is 1. The quantitative estimate of drug-likeness (QED) is 0.675. The summed E-state index contributed by atoms with van der Waals surface area (Å²) >= 11 is 0. The van der Waals surface area contributed by atoms with E-state index in [1.165, 1.54) is 11.6 Å². The normalized spacial score (nSPS) is 20.6. The molecule has 2 aromatic rings. The van der Waals surface area contributed by atoms with Crippen molar-refractivity contribution in [2.24, 2.45) is 0 Å². The molecule has 176 valence electrons. The third-order valence-electron chi connectivity index (χ3n) is 5.68. The number of benzene rings is 1. The SMILES string of the molecule is CNc1c(F)c(N2C[C@@H](C)N[C@@H](C)C2)c(F)c2c1c(=O)c(C(=O)OF)cn2C1CC1.FF. The first-order chi connectivity index (χ1) is 15.3. The van der Waals surface area contributed by atoms with Gasteiger partial charge in [-0.1, -0.05) is 0 Å². The lowest BCUT2D eigenvalue weighted by molar-refractivity contribution is -0.0789. The van der Waals surface area contributed by atoms with Gasteiger partial charge in [0.15, 0.2) is 11.6 Å². The fraction of sp³-hybridized carbons (Fsp3) is 0.500. The summed E-state index contributed by atoms with van der Waals surface area (Å²) in [4.78, 5) is 29.6. The Kier molecular flexibility index (Phi) is 6.91. The van der Waals surface area contributed by atoms with E-state index >= 15 is 8.78 Å². The molecule has 1 aromatic carbocycles. The molecule has 2 N–H and O–H groups in total.